The van der Waals surface area contributed by atoms with Crippen LogP contribution in [-0.2, 0) is 5.60 Å². The fourth-order valence-corrected chi connectivity index (χ4v) is 1.51. The number of ether oxygens (including phenoxy) is 1. The van der Waals surface area contributed by atoms with E-state index in [0.717, 1.165) is 7.11 Å². The Labute approximate surface area is 84.3 Å². The maximum atomic E-state index is 13.6. The van der Waals surface area contributed by atoms with E-state index < -0.39 is 34.4 Å². The lowest BCUT2D eigenvalue weighted by Gasteiger charge is -2.13. The van der Waals surface area contributed by atoms with E-state index in [2.05, 4.69) is 4.74 Å². The highest BCUT2D eigenvalue weighted by atomic mass is 19.2. The molecule has 1 aromatic rings. The SMILES string of the molecule is COc1cc(F)c(F)c(C2(O)CC2)c1F. The molecule has 0 aromatic heterocycles. The summed E-state index contributed by atoms with van der Waals surface area (Å²) in [4.78, 5) is 0. The van der Waals surface area contributed by atoms with E-state index in [1.807, 2.05) is 0 Å². The van der Waals surface area contributed by atoms with Gasteiger partial charge in [0.15, 0.2) is 23.2 Å². The molecule has 5 heteroatoms. The first kappa shape index (κ1) is 10.3. The standard InChI is InChI=1S/C10H9F3O2/c1-15-6-4-5(11)8(12)7(9(6)13)10(14)2-3-10/h4,14H,2-3H2,1H3. The third-order valence-electron chi connectivity index (χ3n) is 2.53. The number of hydrogen-bond donors (Lipinski definition) is 1. The van der Waals surface area contributed by atoms with Crippen molar-refractivity contribution in [2.75, 3.05) is 7.11 Å². The Kier molecular flexibility index (Phi) is 2.15. The summed E-state index contributed by atoms with van der Waals surface area (Å²) in [6.45, 7) is 0. The highest BCUT2D eigenvalue weighted by Crippen LogP contribution is 2.48. The molecule has 0 spiro atoms. The van der Waals surface area contributed by atoms with E-state index in [1.54, 1.807) is 0 Å². The second-order valence-electron chi connectivity index (χ2n) is 3.60. The average Bonchev–Trinajstić information content (AvgIpc) is 2.91. The lowest BCUT2D eigenvalue weighted by molar-refractivity contribution is 0.139. The molecule has 82 valence electrons. The topological polar surface area (TPSA) is 29.5 Å². The molecule has 1 aromatic carbocycles. The zero-order chi connectivity index (χ0) is 11.2. The van der Waals surface area contributed by atoms with Crippen molar-refractivity contribution in [3.05, 3.63) is 29.1 Å². The fraction of sp³-hybridized carbons (Fsp3) is 0.400. The van der Waals surface area contributed by atoms with Gasteiger partial charge in [0.2, 0.25) is 0 Å². The van der Waals surface area contributed by atoms with Gasteiger partial charge in [0.05, 0.1) is 18.3 Å². The first-order valence-corrected chi connectivity index (χ1v) is 4.44. The molecule has 0 aliphatic heterocycles. The van der Waals surface area contributed by atoms with Crippen LogP contribution in [0.3, 0.4) is 0 Å². The van der Waals surface area contributed by atoms with Crippen LogP contribution in [0.5, 0.6) is 5.75 Å². The van der Waals surface area contributed by atoms with E-state index in [1.165, 1.54) is 0 Å². The molecule has 1 saturated carbocycles. The van der Waals surface area contributed by atoms with Crippen molar-refractivity contribution in [3.63, 3.8) is 0 Å². The predicted molar refractivity (Wildman–Crippen MR) is 46.0 cm³/mol. The van der Waals surface area contributed by atoms with Crippen LogP contribution < -0.4 is 4.74 Å². The molecular weight excluding hydrogens is 209 g/mol. The Morgan fingerprint density at radius 1 is 1.27 bits per heavy atom. The van der Waals surface area contributed by atoms with Gasteiger partial charge in [-0.05, 0) is 12.8 Å². The zero-order valence-electron chi connectivity index (χ0n) is 7.98. The molecule has 15 heavy (non-hydrogen) atoms. The minimum absolute atomic E-state index is 0.230. The van der Waals surface area contributed by atoms with Gasteiger partial charge in [-0.15, -0.1) is 0 Å². The molecular formula is C10H9F3O2. The van der Waals surface area contributed by atoms with Crippen molar-refractivity contribution in [1.82, 2.24) is 0 Å². The van der Waals surface area contributed by atoms with Gasteiger partial charge in [-0.2, -0.15) is 0 Å². The Balaban J connectivity index is 2.65. The average molecular weight is 218 g/mol. The lowest BCUT2D eigenvalue weighted by Crippen LogP contribution is -2.13. The van der Waals surface area contributed by atoms with E-state index in [0.29, 0.717) is 6.07 Å². The molecule has 1 fully saturated rings. The summed E-state index contributed by atoms with van der Waals surface area (Å²) in [6, 6.07) is 0.625. The zero-order valence-corrected chi connectivity index (χ0v) is 7.98. The molecule has 2 rings (SSSR count). The summed E-state index contributed by atoms with van der Waals surface area (Å²) in [5.74, 6) is -3.99. The highest BCUT2D eigenvalue weighted by molar-refractivity contribution is 5.39. The van der Waals surface area contributed by atoms with Gasteiger partial charge in [0, 0.05) is 6.07 Å². The van der Waals surface area contributed by atoms with Gasteiger partial charge in [-0.25, -0.2) is 13.2 Å². The fourth-order valence-electron chi connectivity index (χ4n) is 1.51. The molecule has 1 aliphatic carbocycles. The van der Waals surface area contributed by atoms with Gasteiger partial charge in [-0.1, -0.05) is 0 Å². The Bertz CT molecular complexity index is 414. The van der Waals surface area contributed by atoms with E-state index in [9.17, 15) is 18.3 Å². The van der Waals surface area contributed by atoms with Crippen LogP contribution in [-0.4, -0.2) is 12.2 Å². The molecule has 0 unspecified atom stereocenters. The molecule has 1 aliphatic rings. The quantitative estimate of drug-likeness (QED) is 0.770. The Hall–Kier alpha value is -1.23. The normalized spacial score (nSPS) is 17.7. The Morgan fingerprint density at radius 3 is 2.33 bits per heavy atom. The summed E-state index contributed by atoms with van der Waals surface area (Å²) in [7, 11) is 1.15. The van der Waals surface area contributed by atoms with Crippen molar-refractivity contribution in [3.8, 4) is 5.75 Å². The maximum absolute atomic E-state index is 13.6. The predicted octanol–water partition coefficient (Wildman–Crippen LogP) is 2.09. The van der Waals surface area contributed by atoms with Crippen molar-refractivity contribution >= 4 is 0 Å². The van der Waals surface area contributed by atoms with Crippen LogP contribution in [0, 0.1) is 17.5 Å². The highest BCUT2D eigenvalue weighted by Gasteiger charge is 2.47. The first-order valence-electron chi connectivity index (χ1n) is 4.44. The van der Waals surface area contributed by atoms with Gasteiger partial charge in [0.1, 0.15) is 0 Å². The van der Waals surface area contributed by atoms with Gasteiger partial charge in [-0.3, -0.25) is 0 Å². The molecule has 0 amide bonds. The maximum Gasteiger partial charge on any atom is 0.174 e. The third kappa shape index (κ3) is 1.47. The first-order chi connectivity index (χ1) is 6.99. The van der Waals surface area contributed by atoms with Crippen molar-refractivity contribution in [2.45, 2.75) is 18.4 Å². The van der Waals surface area contributed by atoms with E-state index in [4.69, 9.17) is 0 Å². The molecule has 0 heterocycles. The van der Waals surface area contributed by atoms with Crippen molar-refractivity contribution < 1.29 is 23.0 Å². The van der Waals surface area contributed by atoms with Crippen LogP contribution in [0.4, 0.5) is 13.2 Å². The number of benzene rings is 1. The van der Waals surface area contributed by atoms with Crippen LogP contribution >= 0.6 is 0 Å². The summed E-state index contributed by atoms with van der Waals surface area (Å²) in [5, 5.41) is 9.60. The summed E-state index contributed by atoms with van der Waals surface area (Å²) < 4.78 is 44.4. The van der Waals surface area contributed by atoms with Gasteiger partial charge in [0.25, 0.3) is 0 Å². The third-order valence-corrected chi connectivity index (χ3v) is 2.53. The van der Waals surface area contributed by atoms with E-state index in [-0.39, 0.29) is 12.8 Å². The Morgan fingerprint density at radius 2 is 1.87 bits per heavy atom. The monoisotopic (exact) mass is 218 g/mol. The minimum Gasteiger partial charge on any atom is -0.494 e. The molecule has 1 N–H and O–H groups in total. The van der Waals surface area contributed by atoms with Crippen LogP contribution in [0.2, 0.25) is 0 Å². The molecule has 0 saturated heterocycles. The lowest BCUT2D eigenvalue weighted by atomic mass is 10.1. The van der Waals surface area contributed by atoms with Crippen LogP contribution in [0.15, 0.2) is 6.07 Å². The van der Waals surface area contributed by atoms with Crippen LogP contribution in [0.1, 0.15) is 18.4 Å². The van der Waals surface area contributed by atoms with Crippen molar-refractivity contribution in [2.24, 2.45) is 0 Å². The molecule has 0 bridgehead atoms. The smallest absolute Gasteiger partial charge is 0.174 e. The number of aliphatic hydroxyl groups is 1. The number of methoxy groups -OCH3 is 1. The second kappa shape index (κ2) is 3.13. The van der Waals surface area contributed by atoms with Gasteiger partial charge >= 0.3 is 0 Å². The number of rotatable bonds is 2. The largest absolute Gasteiger partial charge is 0.494 e. The number of halogens is 3. The minimum atomic E-state index is -1.57. The van der Waals surface area contributed by atoms with Crippen LogP contribution in [0.25, 0.3) is 0 Å². The van der Waals surface area contributed by atoms with Gasteiger partial charge < -0.3 is 9.84 Å². The summed E-state index contributed by atoms with van der Waals surface area (Å²) >= 11 is 0. The van der Waals surface area contributed by atoms with Crippen molar-refractivity contribution in [1.29, 1.82) is 0 Å². The molecule has 0 radical (unpaired) electrons. The number of hydrogen-bond acceptors (Lipinski definition) is 2. The molecule has 0 atom stereocenters. The van der Waals surface area contributed by atoms with E-state index >= 15 is 0 Å². The molecule has 2 nitrogen and oxygen atoms in total. The second-order valence-corrected chi connectivity index (χ2v) is 3.60. The summed E-state index contributed by atoms with van der Waals surface area (Å²) in [6.07, 6.45) is 0.459. The summed E-state index contributed by atoms with van der Waals surface area (Å²) in [5.41, 5.74) is -2.19.